The molecule has 0 spiro atoms. The highest BCUT2D eigenvalue weighted by atomic mass is 16.8. The van der Waals surface area contributed by atoms with Gasteiger partial charge in [-0.1, -0.05) is 0 Å². The maximum Gasteiger partial charge on any atom is 0.250 e. The van der Waals surface area contributed by atoms with Gasteiger partial charge in [-0.05, 0) is 19.3 Å². The number of rotatable bonds is 16. The van der Waals surface area contributed by atoms with Crippen LogP contribution in [0.3, 0.4) is 0 Å². The number of nitrogens with two attached hydrogens (primary N) is 5. The fraction of sp³-hybridized carbons (Fsp3) is 0.966. The van der Waals surface area contributed by atoms with Crippen molar-refractivity contribution in [2.45, 2.75) is 136 Å². The molecular weight excluding hydrogens is 686 g/mol. The first-order chi connectivity index (χ1) is 24.2. The lowest BCUT2D eigenvalue weighted by molar-refractivity contribution is -0.290. The van der Waals surface area contributed by atoms with Crippen LogP contribution in [0, 0.1) is 0 Å². The zero-order chi connectivity index (χ0) is 37.6. The molecule has 4 aliphatic rings. The highest BCUT2D eigenvalue weighted by Gasteiger charge is 2.54. The summed E-state index contributed by atoms with van der Waals surface area (Å²) in [6.45, 7) is -1.27. The lowest BCUT2D eigenvalue weighted by atomic mass is 9.83. The Bertz CT molecular complexity index is 1080. The molecule has 0 radical (unpaired) electrons. The monoisotopic (exact) mass is 743 g/mol. The summed E-state index contributed by atoms with van der Waals surface area (Å²) in [6.07, 6.45) is -18.5. The normalized spacial score (nSPS) is 44.6. The predicted molar refractivity (Wildman–Crippen MR) is 172 cm³/mol. The van der Waals surface area contributed by atoms with E-state index in [-0.39, 0.29) is 26.1 Å². The van der Waals surface area contributed by atoms with Crippen molar-refractivity contribution < 1.29 is 74.1 Å². The number of hydrogen-bond acceptors (Lipinski definition) is 21. The number of nitrogens with one attached hydrogen (secondary N) is 2. The van der Waals surface area contributed by atoms with Crippen LogP contribution in [-0.2, 0) is 33.2 Å². The maximum atomic E-state index is 12.5. The van der Waals surface area contributed by atoms with Crippen molar-refractivity contribution in [1.82, 2.24) is 10.6 Å². The summed E-state index contributed by atoms with van der Waals surface area (Å²) in [5.41, 5.74) is 30.0. The van der Waals surface area contributed by atoms with E-state index < -0.39 is 135 Å². The molecule has 51 heavy (non-hydrogen) atoms. The van der Waals surface area contributed by atoms with E-state index >= 15 is 0 Å². The lowest BCUT2D eigenvalue weighted by Crippen LogP contribution is -2.67. The Hall–Kier alpha value is -1.33. The second kappa shape index (κ2) is 19.3. The molecule has 4 rings (SSSR count). The molecule has 3 saturated heterocycles. The van der Waals surface area contributed by atoms with Crippen molar-refractivity contribution in [1.29, 1.82) is 0 Å². The quantitative estimate of drug-likeness (QED) is 0.0697. The summed E-state index contributed by atoms with van der Waals surface area (Å²) in [6, 6.07) is -3.97. The topological polar surface area (TPSA) is 388 Å². The van der Waals surface area contributed by atoms with Gasteiger partial charge in [-0.3, -0.25) is 4.79 Å². The van der Waals surface area contributed by atoms with E-state index in [4.69, 9.17) is 62.2 Å². The Morgan fingerprint density at radius 1 is 0.784 bits per heavy atom. The second-order valence-corrected chi connectivity index (χ2v) is 13.5. The van der Waals surface area contributed by atoms with Crippen molar-refractivity contribution in [3.05, 3.63) is 0 Å². The average Bonchev–Trinajstić information content (AvgIpc) is 3.41. The lowest BCUT2D eigenvalue weighted by Gasteiger charge is -2.46. The summed E-state index contributed by atoms with van der Waals surface area (Å²) < 4.78 is 35.8. The van der Waals surface area contributed by atoms with Crippen molar-refractivity contribution >= 4 is 5.91 Å². The number of carbonyl (C=O) groups is 1. The largest absolute Gasteiger partial charge is 0.394 e. The second-order valence-electron chi connectivity index (χ2n) is 13.5. The summed E-state index contributed by atoms with van der Waals surface area (Å²) in [7, 11) is 0. The van der Waals surface area contributed by atoms with Gasteiger partial charge in [0.2, 0.25) is 5.91 Å². The molecule has 0 aromatic heterocycles. The minimum atomic E-state index is -1.67. The van der Waals surface area contributed by atoms with E-state index in [1.807, 2.05) is 0 Å². The molecule has 3 heterocycles. The Balaban J connectivity index is 1.52. The molecule has 1 saturated carbocycles. The van der Waals surface area contributed by atoms with Gasteiger partial charge < -0.3 is 109 Å². The number of ether oxygens (including phenoxy) is 6. The van der Waals surface area contributed by atoms with Gasteiger partial charge in [-0.2, -0.15) is 0 Å². The first-order valence-electron chi connectivity index (χ1n) is 17.1. The van der Waals surface area contributed by atoms with Crippen LogP contribution in [-0.4, -0.2) is 202 Å². The van der Waals surface area contributed by atoms with Gasteiger partial charge in [0.15, 0.2) is 18.9 Å². The minimum absolute atomic E-state index is 0.0623. The van der Waals surface area contributed by atoms with Gasteiger partial charge in [0, 0.05) is 32.2 Å². The summed E-state index contributed by atoms with van der Waals surface area (Å²) in [5.74, 6) is -0.871. The first kappa shape index (κ1) is 42.4. The molecule has 0 bridgehead atoms. The summed E-state index contributed by atoms with van der Waals surface area (Å²) in [5, 5.41) is 87.8. The van der Waals surface area contributed by atoms with Gasteiger partial charge in [0.05, 0.1) is 43.5 Å². The highest BCUT2D eigenvalue weighted by Crippen LogP contribution is 2.34. The number of aliphatic hydroxyl groups excluding tert-OH is 8. The highest BCUT2D eigenvalue weighted by molar-refractivity contribution is 5.81. The Morgan fingerprint density at radius 2 is 1.45 bits per heavy atom. The van der Waals surface area contributed by atoms with Gasteiger partial charge in [-0.25, -0.2) is 0 Å². The molecule has 19 atom stereocenters. The van der Waals surface area contributed by atoms with E-state index in [9.17, 15) is 40.5 Å². The smallest absolute Gasteiger partial charge is 0.250 e. The van der Waals surface area contributed by atoms with Crippen LogP contribution in [0.25, 0.3) is 0 Å². The fourth-order valence-electron chi connectivity index (χ4n) is 6.60. The zero-order valence-corrected chi connectivity index (χ0v) is 28.2. The molecule has 22 nitrogen and oxygen atoms in total. The zero-order valence-electron chi connectivity index (χ0n) is 28.2. The molecule has 0 aromatic rings. The van der Waals surface area contributed by atoms with Gasteiger partial charge in [-0.15, -0.1) is 0 Å². The third-order valence-electron chi connectivity index (χ3n) is 9.66. The van der Waals surface area contributed by atoms with Crippen LogP contribution in [0.2, 0.25) is 0 Å². The predicted octanol–water partition coefficient (Wildman–Crippen LogP) is -9.38. The molecule has 0 aromatic carbocycles. The third kappa shape index (κ3) is 10.3. The molecule has 22 heteroatoms. The summed E-state index contributed by atoms with van der Waals surface area (Å²) >= 11 is 0. The van der Waals surface area contributed by atoms with Gasteiger partial charge in [0.25, 0.3) is 0 Å². The maximum absolute atomic E-state index is 12.5. The molecule has 20 N–H and O–H groups in total. The number of hydrogen-bond donors (Lipinski definition) is 15. The number of amides is 1. The third-order valence-corrected chi connectivity index (χ3v) is 9.66. The number of aliphatic hydroxyl groups is 8. The van der Waals surface area contributed by atoms with Crippen LogP contribution >= 0.6 is 0 Å². The van der Waals surface area contributed by atoms with Crippen molar-refractivity contribution in [2.24, 2.45) is 28.7 Å². The van der Waals surface area contributed by atoms with E-state index in [0.29, 0.717) is 19.4 Å². The molecule has 4 fully saturated rings. The molecule has 2 unspecified atom stereocenters. The van der Waals surface area contributed by atoms with Gasteiger partial charge >= 0.3 is 0 Å². The van der Waals surface area contributed by atoms with Crippen LogP contribution in [0.1, 0.15) is 19.3 Å². The fourth-order valence-corrected chi connectivity index (χ4v) is 6.60. The summed E-state index contributed by atoms with van der Waals surface area (Å²) in [4.78, 5) is 12.5. The van der Waals surface area contributed by atoms with E-state index in [1.54, 1.807) is 0 Å². The van der Waals surface area contributed by atoms with Crippen molar-refractivity contribution in [3.63, 3.8) is 0 Å². The van der Waals surface area contributed by atoms with Crippen molar-refractivity contribution in [2.75, 3.05) is 39.4 Å². The average molecular weight is 744 g/mol. The van der Waals surface area contributed by atoms with Gasteiger partial charge in [0.1, 0.15) is 61.0 Å². The van der Waals surface area contributed by atoms with Crippen LogP contribution < -0.4 is 39.3 Å². The Labute approximate surface area is 294 Å². The van der Waals surface area contributed by atoms with Crippen LogP contribution in [0.5, 0.6) is 0 Å². The van der Waals surface area contributed by atoms with E-state index in [2.05, 4.69) is 10.6 Å². The molecule has 3 aliphatic heterocycles. The Morgan fingerprint density at radius 3 is 2.10 bits per heavy atom. The molecule has 1 aliphatic carbocycles. The standard InChI is InChI=1S/C29H57N7O15/c30-4-15(40)26(45)36-14-3-13(33)23(49-27-12(32)2-1-11(46-27)7-35-6-10(39)8-37)25(19(14)41)51-29-22(44)24(17(9-38)48-29)50-28-18(34)21(43)20(42)16(5-31)47-28/h10-25,27-29,35,37-44H,1-9,30-34H2,(H,36,45)/t10?,11-,12+,13-,14+,15?,16-,17+,18+,19-,20+,21+,22+,23+,24+,25+,27+,28+,29-/m0/s1. The SMILES string of the molecule is NCC(O)C(=O)N[C@@H]1C[C@H](N)[C@@H](O[C@H]2O[C@H](CNCC(O)CO)CC[C@H]2N)[C@H](O[C@@H]2O[C@H](CO)[C@@H](O[C@H]3O[C@@H](CN)[C@@H](O)[C@H](O)[C@H]3N)[C@H]2O)[C@H]1O. The minimum Gasteiger partial charge on any atom is -0.394 e. The van der Waals surface area contributed by atoms with Crippen LogP contribution in [0.4, 0.5) is 0 Å². The Kier molecular flexibility index (Phi) is 16.1. The molecule has 1 amide bonds. The van der Waals surface area contributed by atoms with E-state index in [0.717, 1.165) is 0 Å². The number of carbonyl (C=O) groups excluding carboxylic acids is 1. The van der Waals surface area contributed by atoms with Crippen molar-refractivity contribution in [3.8, 4) is 0 Å². The first-order valence-corrected chi connectivity index (χ1v) is 17.1. The molecular formula is C29H57N7O15. The van der Waals surface area contributed by atoms with E-state index in [1.165, 1.54) is 0 Å². The van der Waals surface area contributed by atoms with Crippen LogP contribution in [0.15, 0.2) is 0 Å². The molecule has 298 valence electrons.